The maximum absolute atomic E-state index is 6.08. The Labute approximate surface area is 157 Å². The van der Waals surface area contributed by atoms with E-state index in [-0.39, 0.29) is 0 Å². The van der Waals surface area contributed by atoms with Crippen molar-refractivity contribution in [1.29, 1.82) is 0 Å². The second-order valence-corrected chi connectivity index (χ2v) is 6.61. The lowest BCUT2D eigenvalue weighted by molar-refractivity contribution is 0.425. The second-order valence-electron chi connectivity index (χ2n) is 5.23. The summed E-state index contributed by atoms with van der Waals surface area (Å²) in [5.41, 5.74) is 1.60. The Morgan fingerprint density at radius 1 is 1.12 bits per heavy atom. The molecule has 0 atom stereocenters. The van der Waals surface area contributed by atoms with E-state index in [1.54, 1.807) is 24.5 Å². The summed E-state index contributed by atoms with van der Waals surface area (Å²) >= 11 is 7.35. The number of hydrogen-bond acceptors (Lipinski definition) is 8. The standard InChI is InChI=1S/C16H12ClN7OS/c17-12-3-1-2-11(8-12)15-20-13(23-25-15)9-26-16-22-21-14(24(16)18)10-4-6-19-7-5-10/h1-8H,9,18H2. The van der Waals surface area contributed by atoms with Gasteiger partial charge in [-0.25, -0.2) is 4.68 Å². The molecule has 26 heavy (non-hydrogen) atoms. The SMILES string of the molecule is Nn1c(SCc2noc(-c3cccc(Cl)c3)n2)nnc1-c1ccncc1. The Kier molecular flexibility index (Phi) is 4.55. The fourth-order valence-electron chi connectivity index (χ4n) is 2.25. The van der Waals surface area contributed by atoms with Crippen molar-refractivity contribution in [2.45, 2.75) is 10.9 Å². The van der Waals surface area contributed by atoms with Crippen LogP contribution in [0.25, 0.3) is 22.8 Å². The summed E-state index contributed by atoms with van der Waals surface area (Å²) in [7, 11) is 0. The van der Waals surface area contributed by atoms with Gasteiger partial charge in [0.1, 0.15) is 0 Å². The summed E-state index contributed by atoms with van der Waals surface area (Å²) in [5, 5.41) is 13.4. The molecule has 3 heterocycles. The van der Waals surface area contributed by atoms with Crippen LogP contribution in [0.1, 0.15) is 5.82 Å². The molecule has 8 nitrogen and oxygen atoms in total. The van der Waals surface area contributed by atoms with Crippen molar-refractivity contribution in [1.82, 2.24) is 30.0 Å². The first-order chi connectivity index (χ1) is 12.7. The molecule has 0 aliphatic heterocycles. The number of halogens is 1. The molecule has 4 aromatic rings. The summed E-state index contributed by atoms with van der Waals surface area (Å²) in [5.74, 6) is 8.02. The molecule has 10 heteroatoms. The molecular weight excluding hydrogens is 374 g/mol. The van der Waals surface area contributed by atoms with E-state index in [1.807, 2.05) is 24.3 Å². The molecule has 0 bridgehead atoms. The number of nitrogens with two attached hydrogens (primary N) is 1. The molecule has 4 rings (SSSR count). The third-order valence-corrected chi connectivity index (χ3v) is 4.65. The van der Waals surface area contributed by atoms with E-state index in [2.05, 4.69) is 25.3 Å². The number of benzene rings is 1. The zero-order valence-electron chi connectivity index (χ0n) is 13.3. The van der Waals surface area contributed by atoms with Crippen LogP contribution in [0.3, 0.4) is 0 Å². The zero-order chi connectivity index (χ0) is 17.9. The highest BCUT2D eigenvalue weighted by Gasteiger charge is 2.14. The van der Waals surface area contributed by atoms with E-state index < -0.39 is 0 Å². The van der Waals surface area contributed by atoms with E-state index in [9.17, 15) is 0 Å². The summed E-state index contributed by atoms with van der Waals surface area (Å²) in [4.78, 5) is 8.34. The van der Waals surface area contributed by atoms with Crippen LogP contribution >= 0.6 is 23.4 Å². The van der Waals surface area contributed by atoms with Gasteiger partial charge in [0, 0.05) is 28.5 Å². The maximum atomic E-state index is 6.08. The van der Waals surface area contributed by atoms with E-state index in [4.69, 9.17) is 22.0 Å². The quantitative estimate of drug-likeness (QED) is 0.412. The average Bonchev–Trinajstić information content (AvgIpc) is 3.28. The van der Waals surface area contributed by atoms with Crippen LogP contribution in [0.15, 0.2) is 58.5 Å². The van der Waals surface area contributed by atoms with E-state index in [0.29, 0.717) is 33.5 Å². The minimum absolute atomic E-state index is 0.412. The lowest BCUT2D eigenvalue weighted by Gasteiger charge is -2.02. The van der Waals surface area contributed by atoms with Crippen molar-refractivity contribution in [3.05, 3.63) is 59.6 Å². The van der Waals surface area contributed by atoms with Crippen LogP contribution in [0.4, 0.5) is 0 Å². The van der Waals surface area contributed by atoms with Gasteiger partial charge in [0.05, 0.1) is 5.75 Å². The molecular formula is C16H12ClN7OS. The van der Waals surface area contributed by atoms with Gasteiger partial charge in [0.25, 0.3) is 5.89 Å². The highest BCUT2D eigenvalue weighted by Crippen LogP contribution is 2.25. The monoisotopic (exact) mass is 385 g/mol. The third kappa shape index (κ3) is 3.39. The number of nitrogens with zero attached hydrogens (tertiary/aromatic N) is 6. The van der Waals surface area contributed by atoms with Gasteiger partial charge in [-0.05, 0) is 30.3 Å². The molecule has 1 aromatic carbocycles. The largest absolute Gasteiger partial charge is 0.335 e. The number of rotatable bonds is 5. The van der Waals surface area contributed by atoms with Gasteiger partial charge >= 0.3 is 0 Å². The molecule has 3 aromatic heterocycles. The van der Waals surface area contributed by atoms with Crippen molar-refractivity contribution in [3.8, 4) is 22.8 Å². The minimum atomic E-state index is 0.412. The van der Waals surface area contributed by atoms with Gasteiger partial charge in [-0.3, -0.25) is 4.98 Å². The van der Waals surface area contributed by atoms with Crippen molar-refractivity contribution < 1.29 is 4.52 Å². The number of pyridine rings is 1. The molecule has 0 radical (unpaired) electrons. The molecule has 0 fully saturated rings. The fraction of sp³-hybridized carbons (Fsp3) is 0.0625. The molecule has 2 N–H and O–H groups in total. The van der Waals surface area contributed by atoms with Crippen molar-refractivity contribution in [2.75, 3.05) is 5.84 Å². The molecule has 0 spiro atoms. The van der Waals surface area contributed by atoms with Crippen LogP contribution in [-0.4, -0.2) is 30.0 Å². The lowest BCUT2D eigenvalue weighted by Crippen LogP contribution is -2.11. The number of nitrogen functional groups attached to an aromatic ring is 1. The molecule has 0 unspecified atom stereocenters. The van der Waals surface area contributed by atoms with Crippen molar-refractivity contribution in [3.63, 3.8) is 0 Å². The van der Waals surface area contributed by atoms with Crippen LogP contribution in [0.5, 0.6) is 0 Å². The highest BCUT2D eigenvalue weighted by molar-refractivity contribution is 7.98. The Morgan fingerprint density at radius 3 is 2.77 bits per heavy atom. The minimum Gasteiger partial charge on any atom is -0.335 e. The first kappa shape index (κ1) is 16.6. The van der Waals surface area contributed by atoms with Gasteiger partial charge in [-0.1, -0.05) is 34.6 Å². The fourth-order valence-corrected chi connectivity index (χ4v) is 3.14. The lowest BCUT2D eigenvalue weighted by atomic mass is 10.2. The first-order valence-electron chi connectivity index (χ1n) is 7.53. The van der Waals surface area contributed by atoms with Gasteiger partial charge in [-0.15, -0.1) is 10.2 Å². The maximum Gasteiger partial charge on any atom is 0.258 e. The molecule has 0 saturated heterocycles. The molecule has 0 amide bonds. The van der Waals surface area contributed by atoms with Gasteiger partial charge in [0.2, 0.25) is 5.16 Å². The van der Waals surface area contributed by atoms with Crippen LogP contribution < -0.4 is 5.84 Å². The van der Waals surface area contributed by atoms with Crippen molar-refractivity contribution >= 4 is 23.4 Å². The van der Waals surface area contributed by atoms with E-state index in [1.165, 1.54) is 16.4 Å². The average molecular weight is 386 g/mol. The summed E-state index contributed by atoms with van der Waals surface area (Å²) in [6, 6.07) is 10.9. The zero-order valence-corrected chi connectivity index (χ0v) is 14.9. The number of thioether (sulfide) groups is 1. The molecule has 130 valence electrons. The Hall–Kier alpha value is -2.91. The molecule has 0 saturated carbocycles. The van der Waals surface area contributed by atoms with Gasteiger partial charge < -0.3 is 10.4 Å². The van der Waals surface area contributed by atoms with Crippen LogP contribution in [-0.2, 0) is 5.75 Å². The van der Waals surface area contributed by atoms with Crippen LogP contribution in [0.2, 0.25) is 5.02 Å². The molecule has 0 aliphatic rings. The van der Waals surface area contributed by atoms with E-state index in [0.717, 1.165) is 11.1 Å². The normalized spacial score (nSPS) is 11.0. The van der Waals surface area contributed by atoms with E-state index >= 15 is 0 Å². The Bertz CT molecular complexity index is 1030. The predicted molar refractivity (Wildman–Crippen MR) is 97.7 cm³/mol. The summed E-state index contributed by atoms with van der Waals surface area (Å²) in [6.45, 7) is 0. The van der Waals surface area contributed by atoms with Crippen LogP contribution in [0, 0.1) is 0 Å². The topological polar surface area (TPSA) is 109 Å². The van der Waals surface area contributed by atoms with Gasteiger partial charge in [0.15, 0.2) is 11.6 Å². The molecule has 0 aliphatic carbocycles. The predicted octanol–water partition coefficient (Wildman–Crippen LogP) is 3.05. The smallest absolute Gasteiger partial charge is 0.258 e. The number of aromatic nitrogens is 6. The van der Waals surface area contributed by atoms with Gasteiger partial charge in [-0.2, -0.15) is 4.98 Å². The van der Waals surface area contributed by atoms with Crippen molar-refractivity contribution in [2.24, 2.45) is 0 Å². The first-order valence-corrected chi connectivity index (χ1v) is 8.89. The highest BCUT2D eigenvalue weighted by atomic mass is 35.5. The Balaban J connectivity index is 1.48. The second kappa shape index (κ2) is 7.14. The Morgan fingerprint density at radius 2 is 1.96 bits per heavy atom. The third-order valence-electron chi connectivity index (χ3n) is 3.47. The summed E-state index contributed by atoms with van der Waals surface area (Å²) < 4.78 is 6.71. The summed E-state index contributed by atoms with van der Waals surface area (Å²) in [6.07, 6.45) is 3.35. The number of hydrogen-bond donors (Lipinski definition) is 1.